The standard InChI is InChI=1S/C26H27N7O6/c34-25-18(11-16-12-21-22(39-15-38-21)13-19(16)27-25)23(24-28-29-30-33(24)14-17-3-1-9-36-17)31-5-7-32(8-6-31)26(35)20-4-2-10-37-20/h2,4,10-13,17,23H,1,3,5-9,14-15H2,(H,27,34)/t17-,23+/m1/s1. The summed E-state index contributed by atoms with van der Waals surface area (Å²) in [5.41, 5.74) is 0.919. The minimum atomic E-state index is -0.541. The summed E-state index contributed by atoms with van der Waals surface area (Å²) in [6.45, 7) is 3.33. The predicted molar refractivity (Wildman–Crippen MR) is 136 cm³/mol. The number of furan rings is 1. The van der Waals surface area contributed by atoms with Gasteiger partial charge in [-0.05, 0) is 47.5 Å². The molecule has 3 aliphatic heterocycles. The van der Waals surface area contributed by atoms with Crippen molar-refractivity contribution in [3.05, 3.63) is 64.1 Å². The van der Waals surface area contributed by atoms with Crippen molar-refractivity contribution >= 4 is 16.8 Å². The Labute approximate surface area is 222 Å². The van der Waals surface area contributed by atoms with Gasteiger partial charge in [-0.3, -0.25) is 14.5 Å². The fraction of sp³-hybridized carbons (Fsp3) is 0.423. The number of carbonyl (C=O) groups excluding carboxylic acids is 1. The lowest BCUT2D eigenvalue weighted by atomic mass is 10.0. The van der Waals surface area contributed by atoms with Gasteiger partial charge < -0.3 is 28.5 Å². The summed E-state index contributed by atoms with van der Waals surface area (Å²) in [7, 11) is 0. The number of pyridine rings is 1. The zero-order valence-electron chi connectivity index (χ0n) is 21.1. The number of H-pyrrole nitrogens is 1. The molecule has 0 spiro atoms. The van der Waals surface area contributed by atoms with Crippen LogP contribution in [0, 0.1) is 0 Å². The molecular formula is C26H27N7O6. The van der Waals surface area contributed by atoms with Gasteiger partial charge in [-0.2, -0.15) is 0 Å². The van der Waals surface area contributed by atoms with Crippen molar-refractivity contribution in [1.29, 1.82) is 0 Å². The highest BCUT2D eigenvalue weighted by Gasteiger charge is 2.35. The van der Waals surface area contributed by atoms with Gasteiger partial charge in [0.1, 0.15) is 6.04 Å². The van der Waals surface area contributed by atoms with Crippen LogP contribution in [0.15, 0.2) is 45.8 Å². The second-order valence-electron chi connectivity index (χ2n) is 9.91. The van der Waals surface area contributed by atoms with Crippen LogP contribution in [-0.4, -0.2) is 86.6 Å². The summed E-state index contributed by atoms with van der Waals surface area (Å²) in [4.78, 5) is 33.3. The Balaban J connectivity index is 1.25. The number of hydrogen-bond acceptors (Lipinski definition) is 10. The zero-order chi connectivity index (χ0) is 26.3. The fourth-order valence-electron chi connectivity index (χ4n) is 5.57. The third-order valence-electron chi connectivity index (χ3n) is 7.56. The van der Waals surface area contributed by atoms with Gasteiger partial charge in [-0.15, -0.1) is 5.10 Å². The molecule has 202 valence electrons. The van der Waals surface area contributed by atoms with Crippen LogP contribution >= 0.6 is 0 Å². The number of hydrogen-bond donors (Lipinski definition) is 1. The maximum atomic E-state index is 13.6. The molecule has 7 rings (SSSR count). The molecule has 1 N–H and O–H groups in total. The largest absolute Gasteiger partial charge is 0.459 e. The van der Waals surface area contributed by atoms with Gasteiger partial charge in [-0.1, -0.05) is 0 Å². The van der Waals surface area contributed by atoms with Gasteiger partial charge >= 0.3 is 0 Å². The van der Waals surface area contributed by atoms with E-state index in [1.54, 1.807) is 27.8 Å². The third kappa shape index (κ3) is 4.42. The summed E-state index contributed by atoms with van der Waals surface area (Å²) >= 11 is 0. The summed E-state index contributed by atoms with van der Waals surface area (Å²) in [5.74, 6) is 1.94. The number of ether oxygens (including phenoxy) is 3. The van der Waals surface area contributed by atoms with Crippen LogP contribution in [0.5, 0.6) is 11.5 Å². The lowest BCUT2D eigenvalue weighted by Gasteiger charge is -2.38. The summed E-state index contributed by atoms with van der Waals surface area (Å²) in [5, 5.41) is 13.4. The molecule has 1 aromatic carbocycles. The minimum absolute atomic E-state index is 0.0188. The molecule has 13 nitrogen and oxygen atoms in total. The van der Waals surface area contributed by atoms with E-state index in [4.69, 9.17) is 18.6 Å². The fourth-order valence-corrected chi connectivity index (χ4v) is 5.57. The molecule has 3 aliphatic rings. The molecule has 0 saturated carbocycles. The molecule has 4 aromatic rings. The average molecular weight is 534 g/mol. The number of nitrogens with one attached hydrogen (secondary N) is 1. The van der Waals surface area contributed by atoms with Crippen LogP contribution in [0.25, 0.3) is 10.9 Å². The summed E-state index contributed by atoms with van der Waals surface area (Å²) < 4.78 is 23.9. The molecule has 0 unspecified atom stereocenters. The second kappa shape index (κ2) is 9.82. The van der Waals surface area contributed by atoms with Crippen molar-refractivity contribution < 1.29 is 23.4 Å². The monoisotopic (exact) mass is 533 g/mol. The molecule has 6 heterocycles. The number of amides is 1. The van der Waals surface area contributed by atoms with E-state index < -0.39 is 6.04 Å². The number of fused-ring (bicyclic) bond motifs is 2. The van der Waals surface area contributed by atoms with Crippen molar-refractivity contribution in [1.82, 2.24) is 35.0 Å². The van der Waals surface area contributed by atoms with Crippen molar-refractivity contribution in [2.24, 2.45) is 0 Å². The third-order valence-corrected chi connectivity index (χ3v) is 7.56. The number of tetrazole rings is 1. The number of carbonyl (C=O) groups is 1. The number of aromatic amines is 1. The normalized spacial score (nSPS) is 20.1. The van der Waals surface area contributed by atoms with E-state index in [0.717, 1.165) is 24.8 Å². The predicted octanol–water partition coefficient (Wildman–Crippen LogP) is 1.56. The molecule has 0 radical (unpaired) electrons. The van der Waals surface area contributed by atoms with Gasteiger partial charge in [0.05, 0.1) is 24.4 Å². The number of nitrogens with zero attached hydrogens (tertiary/aromatic N) is 6. The van der Waals surface area contributed by atoms with Gasteiger partial charge in [0.25, 0.3) is 11.5 Å². The zero-order valence-corrected chi connectivity index (χ0v) is 21.1. The quantitative estimate of drug-likeness (QED) is 0.388. The van der Waals surface area contributed by atoms with Gasteiger partial charge in [0, 0.05) is 49.8 Å². The number of aromatic nitrogens is 5. The first-order valence-electron chi connectivity index (χ1n) is 13.0. The summed E-state index contributed by atoms with van der Waals surface area (Å²) in [6.07, 6.45) is 3.44. The highest BCUT2D eigenvalue weighted by atomic mass is 16.7. The Kier molecular flexibility index (Phi) is 6.01. The first-order chi connectivity index (χ1) is 19.1. The minimum Gasteiger partial charge on any atom is -0.459 e. The SMILES string of the molecule is O=C(c1ccco1)N1CCN([C@@H](c2cc3cc4c(cc3[nH]c2=O)OCO4)c2nnnn2C[C@H]2CCCO2)CC1. The Morgan fingerprint density at radius 2 is 1.97 bits per heavy atom. The van der Waals surface area contributed by atoms with Gasteiger partial charge in [-0.25, -0.2) is 4.68 Å². The van der Waals surface area contributed by atoms with E-state index >= 15 is 0 Å². The first-order valence-corrected chi connectivity index (χ1v) is 13.0. The molecule has 39 heavy (non-hydrogen) atoms. The van der Waals surface area contributed by atoms with E-state index in [-0.39, 0.29) is 24.4 Å². The highest BCUT2D eigenvalue weighted by Crippen LogP contribution is 2.36. The Bertz CT molecular complexity index is 1550. The van der Waals surface area contributed by atoms with E-state index in [1.807, 2.05) is 12.1 Å². The Morgan fingerprint density at radius 1 is 1.13 bits per heavy atom. The lowest BCUT2D eigenvalue weighted by molar-refractivity contribution is 0.0550. The molecule has 1 amide bonds. The number of rotatable bonds is 6. The van der Waals surface area contributed by atoms with Crippen LogP contribution in [-0.2, 0) is 11.3 Å². The van der Waals surface area contributed by atoms with Gasteiger partial charge in [0.15, 0.2) is 23.1 Å². The molecule has 2 atom stereocenters. The Hall–Kier alpha value is -4.23. The van der Waals surface area contributed by atoms with E-state index in [2.05, 4.69) is 25.4 Å². The molecule has 2 saturated heterocycles. The topological polar surface area (TPSA) is 141 Å². The van der Waals surface area contributed by atoms with Crippen molar-refractivity contribution in [3.63, 3.8) is 0 Å². The van der Waals surface area contributed by atoms with Crippen LogP contribution in [0.3, 0.4) is 0 Å². The van der Waals surface area contributed by atoms with Crippen LogP contribution in [0.4, 0.5) is 0 Å². The average Bonchev–Trinajstić information content (AvgIpc) is 3.77. The molecule has 0 bridgehead atoms. The maximum absolute atomic E-state index is 13.6. The van der Waals surface area contributed by atoms with E-state index in [1.165, 1.54) is 6.26 Å². The summed E-state index contributed by atoms with van der Waals surface area (Å²) in [6, 6.07) is 8.33. The Morgan fingerprint density at radius 3 is 2.74 bits per heavy atom. The molecule has 2 fully saturated rings. The smallest absolute Gasteiger partial charge is 0.289 e. The van der Waals surface area contributed by atoms with E-state index in [9.17, 15) is 9.59 Å². The number of piperazine rings is 1. The molecule has 3 aromatic heterocycles. The first kappa shape index (κ1) is 23.9. The van der Waals surface area contributed by atoms with Crippen molar-refractivity contribution in [2.75, 3.05) is 39.6 Å². The molecule has 0 aliphatic carbocycles. The van der Waals surface area contributed by atoms with Crippen molar-refractivity contribution in [3.8, 4) is 11.5 Å². The van der Waals surface area contributed by atoms with Crippen LogP contribution in [0.2, 0.25) is 0 Å². The van der Waals surface area contributed by atoms with Crippen LogP contribution < -0.4 is 15.0 Å². The second-order valence-corrected chi connectivity index (χ2v) is 9.91. The van der Waals surface area contributed by atoms with Crippen LogP contribution in [0.1, 0.15) is 40.8 Å². The molecule has 13 heteroatoms. The molecular weight excluding hydrogens is 506 g/mol. The van der Waals surface area contributed by atoms with Crippen molar-refractivity contribution in [2.45, 2.75) is 31.5 Å². The lowest BCUT2D eigenvalue weighted by Crippen LogP contribution is -2.50. The highest BCUT2D eigenvalue weighted by molar-refractivity contribution is 5.91. The van der Waals surface area contributed by atoms with E-state index in [0.29, 0.717) is 66.9 Å². The number of benzene rings is 1. The maximum Gasteiger partial charge on any atom is 0.289 e. The van der Waals surface area contributed by atoms with Gasteiger partial charge in [0.2, 0.25) is 6.79 Å².